The molecule has 1 fully saturated rings. The molecule has 1 aliphatic rings. The van der Waals surface area contributed by atoms with Crippen LogP contribution in [0.25, 0.3) is 0 Å². The number of hydrogen-bond donors (Lipinski definition) is 0. The van der Waals surface area contributed by atoms with Gasteiger partial charge in [0.15, 0.2) is 0 Å². The summed E-state index contributed by atoms with van der Waals surface area (Å²) in [6.07, 6.45) is 2.93. The first-order valence-corrected chi connectivity index (χ1v) is 3.51. The van der Waals surface area contributed by atoms with E-state index in [0.717, 1.165) is 19.3 Å². The highest BCUT2D eigenvalue weighted by atomic mass is 19.1. The maximum absolute atomic E-state index is 12.7. The van der Waals surface area contributed by atoms with Crippen molar-refractivity contribution < 1.29 is 9.13 Å². The van der Waals surface area contributed by atoms with E-state index in [-0.39, 0.29) is 6.10 Å². The minimum atomic E-state index is -0.705. The lowest BCUT2D eigenvalue weighted by molar-refractivity contribution is 0.00586. The molecule has 0 unspecified atom stereocenters. The average Bonchev–Trinajstić information content (AvgIpc) is 1.89. The monoisotopic (exact) mass is 132 g/mol. The van der Waals surface area contributed by atoms with Gasteiger partial charge in [0.05, 0.1) is 6.10 Å². The van der Waals surface area contributed by atoms with E-state index >= 15 is 0 Å². The summed E-state index contributed by atoms with van der Waals surface area (Å²) in [4.78, 5) is 0. The quantitative estimate of drug-likeness (QED) is 0.529. The third-order valence-electron chi connectivity index (χ3n) is 1.92. The second-order valence-corrected chi connectivity index (χ2v) is 2.57. The maximum Gasteiger partial charge on any atom is 0.126 e. The summed E-state index contributed by atoms with van der Waals surface area (Å²) in [5, 5.41) is 0. The summed E-state index contributed by atoms with van der Waals surface area (Å²) in [5.41, 5.74) is 0. The molecule has 2 atom stereocenters. The zero-order valence-corrected chi connectivity index (χ0v) is 5.77. The predicted octanol–water partition coefficient (Wildman–Crippen LogP) is 1.91. The molecule has 0 radical (unpaired) electrons. The molecule has 54 valence electrons. The van der Waals surface area contributed by atoms with Gasteiger partial charge in [-0.3, -0.25) is 0 Å². The fourth-order valence-electron chi connectivity index (χ4n) is 1.32. The molecule has 0 saturated heterocycles. The number of ether oxygens (including phenoxy) is 1. The van der Waals surface area contributed by atoms with Crippen molar-refractivity contribution in [1.82, 2.24) is 0 Å². The van der Waals surface area contributed by atoms with E-state index in [1.807, 2.05) is 0 Å². The molecule has 0 spiro atoms. The third kappa shape index (κ3) is 1.65. The van der Waals surface area contributed by atoms with Crippen LogP contribution in [0.3, 0.4) is 0 Å². The molecule has 0 bridgehead atoms. The molecule has 0 heterocycles. The fourth-order valence-corrected chi connectivity index (χ4v) is 1.32. The number of rotatable bonds is 1. The van der Waals surface area contributed by atoms with E-state index in [1.165, 1.54) is 0 Å². The molecule has 0 N–H and O–H groups in total. The standard InChI is InChI=1S/C7H13FO/c1-9-7-5-3-2-4-6(7)8/h6-7H,2-5H2,1H3/t6-,7-/m0/s1. The molecular weight excluding hydrogens is 119 g/mol. The summed E-state index contributed by atoms with van der Waals surface area (Å²) in [6, 6.07) is 0. The first-order valence-electron chi connectivity index (χ1n) is 3.51. The summed E-state index contributed by atoms with van der Waals surface area (Å²) in [5.74, 6) is 0. The molecule has 1 nitrogen and oxygen atoms in total. The van der Waals surface area contributed by atoms with Crippen molar-refractivity contribution in [2.75, 3.05) is 7.11 Å². The van der Waals surface area contributed by atoms with Crippen LogP contribution in [0.2, 0.25) is 0 Å². The third-order valence-corrected chi connectivity index (χ3v) is 1.92. The van der Waals surface area contributed by atoms with Crippen LogP contribution < -0.4 is 0 Å². The number of halogens is 1. The lowest BCUT2D eigenvalue weighted by Crippen LogP contribution is -2.27. The van der Waals surface area contributed by atoms with Crippen LogP contribution in [0.4, 0.5) is 4.39 Å². The van der Waals surface area contributed by atoms with Gasteiger partial charge >= 0.3 is 0 Å². The van der Waals surface area contributed by atoms with Gasteiger partial charge in [-0.15, -0.1) is 0 Å². The summed E-state index contributed by atoms with van der Waals surface area (Å²) >= 11 is 0. The van der Waals surface area contributed by atoms with Crippen LogP contribution in [0.1, 0.15) is 25.7 Å². The number of hydrogen-bond acceptors (Lipinski definition) is 1. The molecule has 0 aromatic heterocycles. The first kappa shape index (κ1) is 7.00. The van der Waals surface area contributed by atoms with Crippen molar-refractivity contribution >= 4 is 0 Å². The van der Waals surface area contributed by atoms with Crippen molar-refractivity contribution in [3.8, 4) is 0 Å². The Morgan fingerprint density at radius 1 is 1.33 bits per heavy atom. The topological polar surface area (TPSA) is 9.23 Å². The van der Waals surface area contributed by atoms with Gasteiger partial charge in [0, 0.05) is 7.11 Å². The Morgan fingerprint density at radius 2 is 2.00 bits per heavy atom. The van der Waals surface area contributed by atoms with E-state index < -0.39 is 6.17 Å². The Kier molecular flexibility index (Phi) is 2.46. The molecule has 9 heavy (non-hydrogen) atoms. The molecule has 0 amide bonds. The Labute approximate surface area is 55.2 Å². The smallest absolute Gasteiger partial charge is 0.126 e. The van der Waals surface area contributed by atoms with Crippen molar-refractivity contribution in [3.63, 3.8) is 0 Å². The van der Waals surface area contributed by atoms with Gasteiger partial charge < -0.3 is 4.74 Å². The van der Waals surface area contributed by atoms with E-state index in [9.17, 15) is 4.39 Å². The minimum Gasteiger partial charge on any atom is -0.378 e. The summed E-state index contributed by atoms with van der Waals surface area (Å²) in [6.45, 7) is 0. The molecule has 2 heteroatoms. The maximum atomic E-state index is 12.7. The van der Waals surface area contributed by atoms with E-state index in [0.29, 0.717) is 6.42 Å². The van der Waals surface area contributed by atoms with Crippen LogP contribution in [0, 0.1) is 0 Å². The van der Waals surface area contributed by atoms with Crippen molar-refractivity contribution in [2.24, 2.45) is 0 Å². The lowest BCUT2D eigenvalue weighted by Gasteiger charge is -2.23. The Bertz CT molecular complexity index is 85.0. The van der Waals surface area contributed by atoms with Crippen LogP contribution in [0.5, 0.6) is 0 Å². The Balaban J connectivity index is 2.30. The normalized spacial score (nSPS) is 36.7. The van der Waals surface area contributed by atoms with Crippen molar-refractivity contribution in [3.05, 3.63) is 0 Å². The van der Waals surface area contributed by atoms with Gasteiger partial charge in [0.2, 0.25) is 0 Å². The van der Waals surface area contributed by atoms with Gasteiger partial charge in [-0.25, -0.2) is 4.39 Å². The first-order chi connectivity index (χ1) is 4.34. The van der Waals surface area contributed by atoms with E-state index in [4.69, 9.17) is 4.74 Å². The molecule has 0 aromatic rings. The fraction of sp³-hybridized carbons (Fsp3) is 1.00. The Hall–Kier alpha value is -0.110. The molecule has 1 aliphatic carbocycles. The largest absolute Gasteiger partial charge is 0.378 e. The van der Waals surface area contributed by atoms with Crippen molar-refractivity contribution in [2.45, 2.75) is 38.0 Å². The molecular formula is C7H13FO. The van der Waals surface area contributed by atoms with E-state index in [1.54, 1.807) is 7.11 Å². The van der Waals surface area contributed by atoms with Crippen LogP contribution in [0.15, 0.2) is 0 Å². The van der Waals surface area contributed by atoms with Gasteiger partial charge in [-0.2, -0.15) is 0 Å². The SMILES string of the molecule is CO[C@H]1CCCC[C@@H]1F. The zero-order valence-electron chi connectivity index (χ0n) is 5.77. The number of methoxy groups -OCH3 is 1. The molecule has 1 rings (SSSR count). The summed E-state index contributed by atoms with van der Waals surface area (Å²) in [7, 11) is 1.59. The Morgan fingerprint density at radius 3 is 2.44 bits per heavy atom. The molecule has 1 saturated carbocycles. The van der Waals surface area contributed by atoms with Gasteiger partial charge in [0.1, 0.15) is 6.17 Å². The minimum absolute atomic E-state index is 0.112. The van der Waals surface area contributed by atoms with Gasteiger partial charge in [0.25, 0.3) is 0 Å². The van der Waals surface area contributed by atoms with Gasteiger partial charge in [-0.1, -0.05) is 12.8 Å². The van der Waals surface area contributed by atoms with Crippen molar-refractivity contribution in [1.29, 1.82) is 0 Å². The highest BCUT2D eigenvalue weighted by molar-refractivity contribution is 4.74. The zero-order chi connectivity index (χ0) is 6.69. The predicted molar refractivity (Wildman–Crippen MR) is 34.2 cm³/mol. The van der Waals surface area contributed by atoms with Gasteiger partial charge in [-0.05, 0) is 12.8 Å². The van der Waals surface area contributed by atoms with Crippen LogP contribution in [-0.4, -0.2) is 19.4 Å². The molecule has 0 aromatic carbocycles. The second-order valence-electron chi connectivity index (χ2n) is 2.57. The van der Waals surface area contributed by atoms with Crippen LogP contribution >= 0.6 is 0 Å². The second kappa shape index (κ2) is 3.16. The summed E-state index contributed by atoms with van der Waals surface area (Å²) < 4.78 is 17.7. The molecule has 0 aliphatic heterocycles. The lowest BCUT2D eigenvalue weighted by atomic mass is 9.96. The van der Waals surface area contributed by atoms with E-state index in [2.05, 4.69) is 0 Å². The highest BCUT2D eigenvalue weighted by Gasteiger charge is 2.23. The highest BCUT2D eigenvalue weighted by Crippen LogP contribution is 2.22. The average molecular weight is 132 g/mol. The van der Waals surface area contributed by atoms with Crippen LogP contribution in [-0.2, 0) is 4.74 Å². The number of alkyl halides is 1.